The van der Waals surface area contributed by atoms with Gasteiger partial charge in [-0.1, -0.05) is 6.58 Å². The number of rotatable bonds is 4. The van der Waals surface area contributed by atoms with Gasteiger partial charge in [-0.3, -0.25) is 18.4 Å². The van der Waals surface area contributed by atoms with Crippen LogP contribution in [0.25, 0.3) is 56.0 Å². The molecule has 0 bridgehead atoms. The van der Waals surface area contributed by atoms with Crippen molar-refractivity contribution in [1.82, 2.24) is 38.0 Å². The molecule has 37 heavy (non-hydrogen) atoms. The molecule has 0 saturated heterocycles. The van der Waals surface area contributed by atoms with Crippen LogP contribution in [-0.2, 0) is 28.2 Å². The molecule has 0 atom stereocenters. The number of allylic oxidation sites excluding steroid dienone is 1. The fourth-order valence-corrected chi connectivity index (χ4v) is 4.98. The zero-order valence-electron chi connectivity index (χ0n) is 21.2. The van der Waals surface area contributed by atoms with Crippen LogP contribution in [-0.4, -0.2) is 38.0 Å². The lowest BCUT2D eigenvalue weighted by Gasteiger charge is -2.14. The van der Waals surface area contributed by atoms with E-state index < -0.39 is 0 Å². The first-order valence-corrected chi connectivity index (χ1v) is 11.7. The van der Waals surface area contributed by atoms with Crippen molar-refractivity contribution in [3.05, 3.63) is 77.6 Å². The van der Waals surface area contributed by atoms with Gasteiger partial charge in [-0.05, 0) is 30.7 Å². The summed E-state index contributed by atoms with van der Waals surface area (Å²) in [6.45, 7) is 6.06. The predicted molar refractivity (Wildman–Crippen MR) is 142 cm³/mol. The Kier molecular flexibility index (Phi) is 4.84. The molecular weight excluding hydrogens is 471 g/mol. The van der Waals surface area contributed by atoms with E-state index in [1.807, 2.05) is 35.2 Å². The molecule has 9 nitrogen and oxygen atoms in total. The Morgan fingerprint density at radius 2 is 1.78 bits per heavy atom. The number of aromatic nitrogens is 8. The van der Waals surface area contributed by atoms with Gasteiger partial charge in [0.1, 0.15) is 11.5 Å². The third-order valence-corrected chi connectivity index (χ3v) is 6.87. The summed E-state index contributed by atoms with van der Waals surface area (Å²) in [4.78, 5) is 22.0. The largest absolute Gasteiger partial charge is 0.331 e. The van der Waals surface area contributed by atoms with Gasteiger partial charge in [0.05, 0.1) is 46.5 Å². The normalized spacial score (nSPS) is 11.7. The van der Waals surface area contributed by atoms with Crippen LogP contribution >= 0.6 is 0 Å². The minimum atomic E-state index is -0.383. The van der Waals surface area contributed by atoms with Crippen molar-refractivity contribution < 1.29 is 4.39 Å². The first-order chi connectivity index (χ1) is 17.7. The van der Waals surface area contributed by atoms with E-state index in [0.29, 0.717) is 28.0 Å². The average molecular weight is 497 g/mol. The summed E-state index contributed by atoms with van der Waals surface area (Å²) < 4.78 is 24.2. The van der Waals surface area contributed by atoms with Crippen LogP contribution in [0.15, 0.2) is 60.6 Å². The predicted octanol–water partition coefficient (Wildman–Crippen LogP) is 4.19. The molecule has 0 aliphatic rings. The fourth-order valence-electron chi connectivity index (χ4n) is 4.98. The summed E-state index contributed by atoms with van der Waals surface area (Å²) in [5.41, 5.74) is 6.84. The summed E-state index contributed by atoms with van der Waals surface area (Å²) in [6, 6.07) is 7.14. The van der Waals surface area contributed by atoms with Gasteiger partial charge < -0.3 is 4.57 Å². The summed E-state index contributed by atoms with van der Waals surface area (Å²) >= 11 is 0. The Hall–Kier alpha value is -4.73. The van der Waals surface area contributed by atoms with Crippen LogP contribution < -0.4 is 5.69 Å². The number of hydrogen-bond donors (Lipinski definition) is 0. The van der Waals surface area contributed by atoms with Crippen molar-refractivity contribution in [2.24, 2.45) is 28.2 Å². The van der Waals surface area contributed by atoms with Crippen LogP contribution in [0.2, 0.25) is 0 Å². The molecule has 2 aromatic carbocycles. The molecule has 4 aromatic heterocycles. The zero-order chi connectivity index (χ0) is 26.2. The van der Waals surface area contributed by atoms with Crippen LogP contribution in [0.4, 0.5) is 4.39 Å². The first kappa shape index (κ1) is 22.7. The lowest BCUT2D eigenvalue weighted by molar-refractivity contribution is 0.632. The second-order valence-electron chi connectivity index (χ2n) is 9.43. The van der Waals surface area contributed by atoms with E-state index in [4.69, 9.17) is 4.98 Å². The highest BCUT2D eigenvalue weighted by molar-refractivity contribution is 5.93. The molecular formula is C27H25FN8O. The molecule has 186 valence electrons. The quantitative estimate of drug-likeness (QED) is 0.367. The molecule has 6 aromatic rings. The Labute approximate surface area is 211 Å². The Morgan fingerprint density at radius 1 is 1.00 bits per heavy atom. The topological polar surface area (TPSA) is 80.4 Å². The number of aryl methyl sites for hydroxylation is 4. The average Bonchev–Trinajstić information content (AvgIpc) is 3.62. The smallest absolute Gasteiger partial charge is 0.328 e. The van der Waals surface area contributed by atoms with Gasteiger partial charge in [0, 0.05) is 57.1 Å². The number of halogens is 1. The van der Waals surface area contributed by atoms with E-state index in [1.165, 1.54) is 6.07 Å². The highest BCUT2D eigenvalue weighted by atomic mass is 19.1. The molecule has 0 spiro atoms. The lowest BCUT2D eigenvalue weighted by Crippen LogP contribution is -2.19. The number of nitrogens with zero attached hydrogens (tertiary/aromatic N) is 8. The molecule has 10 heteroatoms. The molecule has 0 saturated carbocycles. The molecule has 0 unspecified atom stereocenters. The maximum Gasteiger partial charge on any atom is 0.328 e. The molecule has 0 radical (unpaired) electrons. The standard InChI is InChI=1S/C27H25FN8O/c1-15(2)18-7-17(8-23-25(18)35(6)27(37)34(23)5)36-22-10-20(28)19(16-11-30-33(4)13-16)9-21(22)31-26(36)24-12-29-14-32(24)3/h7-14H,1H2,2-6H3. The molecule has 0 fully saturated rings. The molecule has 0 N–H and O–H groups in total. The van der Waals surface area contributed by atoms with Crippen LogP contribution in [0.1, 0.15) is 12.5 Å². The maximum atomic E-state index is 15.6. The van der Waals surface area contributed by atoms with Gasteiger partial charge in [-0.15, -0.1) is 0 Å². The van der Waals surface area contributed by atoms with Crippen molar-refractivity contribution in [1.29, 1.82) is 0 Å². The molecule has 0 aliphatic heterocycles. The number of benzene rings is 2. The van der Waals surface area contributed by atoms with Gasteiger partial charge >= 0.3 is 5.69 Å². The van der Waals surface area contributed by atoms with Gasteiger partial charge in [0.15, 0.2) is 5.82 Å². The fraction of sp³-hybridized carbons (Fsp3) is 0.185. The monoisotopic (exact) mass is 496 g/mol. The van der Waals surface area contributed by atoms with E-state index in [-0.39, 0.29) is 11.5 Å². The van der Waals surface area contributed by atoms with Crippen molar-refractivity contribution in [2.75, 3.05) is 0 Å². The minimum Gasteiger partial charge on any atom is -0.331 e. The van der Waals surface area contributed by atoms with Gasteiger partial charge in [0.25, 0.3) is 0 Å². The zero-order valence-corrected chi connectivity index (χ0v) is 21.2. The van der Waals surface area contributed by atoms with Gasteiger partial charge in [0.2, 0.25) is 0 Å². The number of hydrogen-bond acceptors (Lipinski definition) is 4. The van der Waals surface area contributed by atoms with Crippen molar-refractivity contribution >= 4 is 27.6 Å². The first-order valence-electron chi connectivity index (χ1n) is 11.7. The highest BCUT2D eigenvalue weighted by Crippen LogP contribution is 2.35. The Balaban J connectivity index is 1.72. The Bertz CT molecular complexity index is 1940. The van der Waals surface area contributed by atoms with Gasteiger partial charge in [-0.25, -0.2) is 19.2 Å². The second-order valence-corrected chi connectivity index (χ2v) is 9.43. The third-order valence-electron chi connectivity index (χ3n) is 6.87. The van der Waals surface area contributed by atoms with E-state index in [1.54, 1.807) is 65.9 Å². The third kappa shape index (κ3) is 3.29. The molecule has 6 rings (SSSR count). The summed E-state index contributed by atoms with van der Waals surface area (Å²) in [5.74, 6) is 0.220. The van der Waals surface area contributed by atoms with Crippen LogP contribution in [0, 0.1) is 5.82 Å². The van der Waals surface area contributed by atoms with Crippen molar-refractivity contribution in [3.8, 4) is 28.3 Å². The summed E-state index contributed by atoms with van der Waals surface area (Å²) in [5, 5.41) is 4.18. The molecule has 0 amide bonds. The van der Waals surface area contributed by atoms with Crippen molar-refractivity contribution in [2.45, 2.75) is 6.92 Å². The number of fused-ring (bicyclic) bond motifs is 2. The maximum absolute atomic E-state index is 15.6. The lowest BCUT2D eigenvalue weighted by atomic mass is 10.0. The van der Waals surface area contributed by atoms with E-state index in [0.717, 1.165) is 33.6 Å². The van der Waals surface area contributed by atoms with E-state index in [9.17, 15) is 4.79 Å². The van der Waals surface area contributed by atoms with Crippen molar-refractivity contribution in [3.63, 3.8) is 0 Å². The van der Waals surface area contributed by atoms with Gasteiger partial charge in [-0.2, -0.15) is 5.10 Å². The molecule has 4 heterocycles. The van der Waals surface area contributed by atoms with E-state index in [2.05, 4.69) is 16.7 Å². The van der Waals surface area contributed by atoms with E-state index >= 15 is 4.39 Å². The second kappa shape index (κ2) is 7.89. The number of imidazole rings is 3. The Morgan fingerprint density at radius 3 is 2.43 bits per heavy atom. The SMILES string of the molecule is C=C(C)c1cc(-n2c(-c3cncn3C)nc3cc(-c4cnn(C)c4)c(F)cc32)cc2c1n(C)c(=O)n2C. The van der Waals surface area contributed by atoms with Crippen LogP contribution in [0.5, 0.6) is 0 Å². The minimum absolute atomic E-state index is 0.135. The van der Waals surface area contributed by atoms with Crippen LogP contribution in [0.3, 0.4) is 0 Å². The summed E-state index contributed by atoms with van der Waals surface area (Å²) in [6.07, 6.45) is 6.83. The highest BCUT2D eigenvalue weighted by Gasteiger charge is 2.22. The molecule has 0 aliphatic carbocycles. The summed E-state index contributed by atoms with van der Waals surface area (Å²) in [7, 11) is 7.17.